The van der Waals surface area contributed by atoms with Crippen LogP contribution in [0.25, 0.3) is 0 Å². The van der Waals surface area contributed by atoms with Crippen LogP contribution in [0.2, 0.25) is 0 Å². The molecule has 1 aromatic heterocycles. The number of rotatable bonds is 4. The van der Waals surface area contributed by atoms with Gasteiger partial charge in [-0.25, -0.2) is 0 Å². The quantitative estimate of drug-likeness (QED) is 0.791. The number of nitrogens with zero attached hydrogens (tertiary/aromatic N) is 3. The number of aromatic nitrogens is 2. The normalized spacial score (nSPS) is 18.6. The lowest BCUT2D eigenvalue weighted by Crippen LogP contribution is -2.43. The Bertz CT molecular complexity index is 524. The molecule has 1 amide bonds. The SMILES string of the molecule is CCOC(=O)C1CCCN(C(=O)c2cc(C)nn2CC)C1. The van der Waals surface area contributed by atoms with Crippen LogP contribution in [0.3, 0.4) is 0 Å². The van der Waals surface area contributed by atoms with Gasteiger partial charge in [-0.1, -0.05) is 0 Å². The van der Waals surface area contributed by atoms with Crippen LogP contribution in [0.15, 0.2) is 6.07 Å². The Morgan fingerprint density at radius 2 is 2.19 bits per heavy atom. The van der Waals surface area contributed by atoms with Gasteiger partial charge in [0.2, 0.25) is 0 Å². The smallest absolute Gasteiger partial charge is 0.310 e. The maximum atomic E-state index is 12.6. The van der Waals surface area contributed by atoms with E-state index in [2.05, 4.69) is 5.10 Å². The van der Waals surface area contributed by atoms with Gasteiger partial charge in [-0.3, -0.25) is 14.3 Å². The van der Waals surface area contributed by atoms with E-state index in [1.165, 1.54) is 0 Å². The third kappa shape index (κ3) is 3.43. The van der Waals surface area contributed by atoms with Gasteiger partial charge in [-0.15, -0.1) is 0 Å². The first kappa shape index (κ1) is 15.5. The molecule has 0 saturated carbocycles. The number of hydrogen-bond donors (Lipinski definition) is 0. The molecule has 116 valence electrons. The zero-order valence-electron chi connectivity index (χ0n) is 13.0. The second-order valence-electron chi connectivity index (χ2n) is 5.33. The number of carbonyl (C=O) groups is 2. The zero-order chi connectivity index (χ0) is 15.4. The highest BCUT2D eigenvalue weighted by Gasteiger charge is 2.31. The van der Waals surface area contributed by atoms with Crippen LogP contribution in [0.5, 0.6) is 0 Å². The minimum absolute atomic E-state index is 0.0496. The van der Waals surface area contributed by atoms with Gasteiger partial charge in [-0.05, 0) is 39.7 Å². The summed E-state index contributed by atoms with van der Waals surface area (Å²) in [5, 5.41) is 4.31. The van der Waals surface area contributed by atoms with E-state index >= 15 is 0 Å². The van der Waals surface area contributed by atoms with Crippen LogP contribution >= 0.6 is 0 Å². The molecule has 1 aliphatic heterocycles. The number of likely N-dealkylation sites (tertiary alicyclic amines) is 1. The van der Waals surface area contributed by atoms with Crippen LogP contribution in [0.4, 0.5) is 0 Å². The average molecular weight is 293 g/mol. The van der Waals surface area contributed by atoms with Gasteiger partial charge >= 0.3 is 5.97 Å². The Hall–Kier alpha value is -1.85. The minimum Gasteiger partial charge on any atom is -0.466 e. The van der Waals surface area contributed by atoms with E-state index in [1.807, 2.05) is 13.8 Å². The summed E-state index contributed by atoms with van der Waals surface area (Å²) in [7, 11) is 0. The van der Waals surface area contributed by atoms with E-state index in [-0.39, 0.29) is 17.8 Å². The summed E-state index contributed by atoms with van der Waals surface area (Å²) in [5.74, 6) is -0.455. The molecule has 0 aromatic carbocycles. The van der Waals surface area contributed by atoms with Crippen molar-refractivity contribution in [2.45, 2.75) is 40.2 Å². The fourth-order valence-corrected chi connectivity index (χ4v) is 2.73. The summed E-state index contributed by atoms with van der Waals surface area (Å²) in [4.78, 5) is 26.2. The van der Waals surface area contributed by atoms with Gasteiger partial charge < -0.3 is 9.64 Å². The maximum Gasteiger partial charge on any atom is 0.310 e. The first-order valence-corrected chi connectivity index (χ1v) is 7.57. The lowest BCUT2D eigenvalue weighted by molar-refractivity contribution is -0.149. The minimum atomic E-state index is -0.207. The fraction of sp³-hybridized carbons (Fsp3) is 0.667. The number of piperidine rings is 1. The van der Waals surface area contributed by atoms with Crippen LogP contribution in [0, 0.1) is 12.8 Å². The van der Waals surface area contributed by atoms with Crippen molar-refractivity contribution in [3.8, 4) is 0 Å². The summed E-state index contributed by atoms with van der Waals surface area (Å²) in [6.45, 7) is 7.79. The standard InChI is InChI=1S/C15H23N3O3/c1-4-18-13(9-11(3)16-18)14(19)17-8-6-7-12(10-17)15(20)21-5-2/h9,12H,4-8,10H2,1-3H3. The summed E-state index contributed by atoms with van der Waals surface area (Å²) >= 11 is 0. The molecule has 0 N–H and O–H groups in total. The first-order valence-electron chi connectivity index (χ1n) is 7.57. The zero-order valence-corrected chi connectivity index (χ0v) is 13.0. The van der Waals surface area contributed by atoms with Crippen molar-refractivity contribution in [3.05, 3.63) is 17.5 Å². The molecule has 1 atom stereocenters. The van der Waals surface area contributed by atoms with Crippen LogP contribution in [-0.4, -0.2) is 46.3 Å². The molecule has 2 rings (SSSR count). The molecule has 6 heteroatoms. The lowest BCUT2D eigenvalue weighted by atomic mass is 9.98. The predicted octanol–water partition coefficient (Wildman–Crippen LogP) is 1.63. The van der Waals surface area contributed by atoms with Gasteiger partial charge in [-0.2, -0.15) is 5.10 Å². The molecule has 0 radical (unpaired) electrons. The highest BCUT2D eigenvalue weighted by atomic mass is 16.5. The molecular formula is C15H23N3O3. The van der Waals surface area contributed by atoms with Gasteiger partial charge in [0.05, 0.1) is 18.2 Å². The first-order chi connectivity index (χ1) is 10.1. The molecule has 2 heterocycles. The second kappa shape index (κ2) is 6.74. The van der Waals surface area contributed by atoms with Crippen molar-refractivity contribution < 1.29 is 14.3 Å². The van der Waals surface area contributed by atoms with E-state index in [0.717, 1.165) is 18.5 Å². The highest BCUT2D eigenvalue weighted by Crippen LogP contribution is 2.20. The fourth-order valence-electron chi connectivity index (χ4n) is 2.73. The van der Waals surface area contributed by atoms with E-state index in [1.54, 1.807) is 22.6 Å². The molecule has 1 unspecified atom stereocenters. The van der Waals surface area contributed by atoms with Crippen molar-refractivity contribution in [2.75, 3.05) is 19.7 Å². The van der Waals surface area contributed by atoms with Crippen molar-refractivity contribution in [1.29, 1.82) is 0 Å². The molecule has 1 aromatic rings. The van der Waals surface area contributed by atoms with E-state index in [9.17, 15) is 9.59 Å². The topological polar surface area (TPSA) is 64.4 Å². The Kier molecular flexibility index (Phi) is 4.98. The Balaban J connectivity index is 2.10. The van der Waals surface area contributed by atoms with E-state index in [0.29, 0.717) is 31.9 Å². The van der Waals surface area contributed by atoms with Crippen molar-refractivity contribution in [3.63, 3.8) is 0 Å². The van der Waals surface area contributed by atoms with Gasteiger partial charge in [0.25, 0.3) is 5.91 Å². The molecule has 1 fully saturated rings. The summed E-state index contributed by atoms with van der Waals surface area (Å²) in [5.41, 5.74) is 1.43. The molecule has 0 spiro atoms. The molecular weight excluding hydrogens is 270 g/mol. The molecule has 1 saturated heterocycles. The van der Waals surface area contributed by atoms with Crippen LogP contribution in [-0.2, 0) is 16.1 Å². The number of ether oxygens (including phenoxy) is 1. The third-order valence-corrected chi connectivity index (χ3v) is 3.75. The molecule has 21 heavy (non-hydrogen) atoms. The second-order valence-corrected chi connectivity index (χ2v) is 5.33. The lowest BCUT2D eigenvalue weighted by Gasteiger charge is -2.31. The van der Waals surface area contributed by atoms with Gasteiger partial charge in [0.15, 0.2) is 0 Å². The van der Waals surface area contributed by atoms with Crippen LogP contribution in [0.1, 0.15) is 42.9 Å². The summed E-state index contributed by atoms with van der Waals surface area (Å²) in [6, 6.07) is 1.81. The Labute approximate surface area is 125 Å². The number of aryl methyl sites for hydroxylation is 2. The predicted molar refractivity (Wildman–Crippen MR) is 77.9 cm³/mol. The number of esters is 1. The summed E-state index contributed by atoms with van der Waals surface area (Å²) in [6.07, 6.45) is 1.61. The van der Waals surface area contributed by atoms with E-state index in [4.69, 9.17) is 4.74 Å². The molecule has 0 aliphatic carbocycles. The monoisotopic (exact) mass is 293 g/mol. The Morgan fingerprint density at radius 3 is 2.86 bits per heavy atom. The van der Waals surface area contributed by atoms with Gasteiger partial charge in [0, 0.05) is 19.6 Å². The van der Waals surface area contributed by atoms with Crippen molar-refractivity contribution in [1.82, 2.24) is 14.7 Å². The van der Waals surface area contributed by atoms with E-state index < -0.39 is 0 Å². The van der Waals surface area contributed by atoms with Crippen molar-refractivity contribution >= 4 is 11.9 Å². The maximum absolute atomic E-state index is 12.6. The average Bonchev–Trinajstić information content (AvgIpc) is 2.88. The molecule has 1 aliphatic rings. The van der Waals surface area contributed by atoms with Crippen molar-refractivity contribution in [2.24, 2.45) is 5.92 Å². The number of hydrogen-bond acceptors (Lipinski definition) is 4. The van der Waals surface area contributed by atoms with Gasteiger partial charge in [0.1, 0.15) is 5.69 Å². The third-order valence-electron chi connectivity index (χ3n) is 3.75. The number of carbonyl (C=O) groups excluding carboxylic acids is 2. The molecule has 0 bridgehead atoms. The molecule has 6 nitrogen and oxygen atoms in total. The Morgan fingerprint density at radius 1 is 1.43 bits per heavy atom. The largest absolute Gasteiger partial charge is 0.466 e. The number of amides is 1. The summed E-state index contributed by atoms with van der Waals surface area (Å²) < 4.78 is 6.78. The van der Waals surface area contributed by atoms with Crippen LogP contribution < -0.4 is 0 Å². The highest BCUT2D eigenvalue weighted by molar-refractivity contribution is 5.93.